The number of rotatable bonds is 4. The van der Waals surface area contributed by atoms with Crippen LogP contribution in [0.5, 0.6) is 0 Å². The van der Waals surface area contributed by atoms with E-state index >= 15 is 0 Å². The SMILES string of the molecule is O=C(O)C1CCC(CN2CCN(c3ccccc3)CC2)O1. The standard InChI is InChI=1S/C16H22N2O3/c19-16(20)15-7-6-14(21-15)12-17-8-10-18(11-9-17)13-4-2-1-3-5-13/h1-5,14-15H,6-12H2,(H,19,20). The van der Waals surface area contributed by atoms with E-state index in [1.165, 1.54) is 5.69 Å². The molecule has 2 atom stereocenters. The van der Waals surface area contributed by atoms with Gasteiger partial charge < -0.3 is 14.7 Å². The lowest BCUT2D eigenvalue weighted by atomic mass is 10.1. The largest absolute Gasteiger partial charge is 0.479 e. The van der Waals surface area contributed by atoms with Crippen molar-refractivity contribution in [3.05, 3.63) is 30.3 Å². The van der Waals surface area contributed by atoms with Gasteiger partial charge in [-0.15, -0.1) is 0 Å². The van der Waals surface area contributed by atoms with Crippen LogP contribution < -0.4 is 4.90 Å². The molecule has 2 aliphatic heterocycles. The van der Waals surface area contributed by atoms with E-state index in [0.29, 0.717) is 6.42 Å². The van der Waals surface area contributed by atoms with Crippen molar-refractivity contribution in [1.82, 2.24) is 4.90 Å². The number of carboxylic acids is 1. The molecule has 0 bridgehead atoms. The van der Waals surface area contributed by atoms with Gasteiger partial charge in [-0.05, 0) is 25.0 Å². The van der Waals surface area contributed by atoms with E-state index in [4.69, 9.17) is 9.84 Å². The van der Waals surface area contributed by atoms with Gasteiger partial charge in [-0.3, -0.25) is 4.90 Å². The molecule has 2 heterocycles. The van der Waals surface area contributed by atoms with Crippen LogP contribution in [0, 0.1) is 0 Å². The molecule has 5 heteroatoms. The molecular weight excluding hydrogens is 268 g/mol. The molecular formula is C16H22N2O3. The fourth-order valence-electron chi connectivity index (χ4n) is 3.14. The van der Waals surface area contributed by atoms with Crippen molar-refractivity contribution in [3.8, 4) is 0 Å². The van der Waals surface area contributed by atoms with Gasteiger partial charge in [0.25, 0.3) is 0 Å². The summed E-state index contributed by atoms with van der Waals surface area (Å²) in [5.74, 6) is -0.827. The van der Waals surface area contributed by atoms with Gasteiger partial charge in [-0.1, -0.05) is 18.2 Å². The molecule has 21 heavy (non-hydrogen) atoms. The molecule has 1 aromatic carbocycles. The third kappa shape index (κ3) is 3.54. The van der Waals surface area contributed by atoms with Crippen LogP contribution in [0.3, 0.4) is 0 Å². The first-order chi connectivity index (χ1) is 10.2. The molecule has 114 valence electrons. The number of piperazine rings is 1. The lowest BCUT2D eigenvalue weighted by molar-refractivity contribution is -0.149. The number of para-hydroxylation sites is 1. The molecule has 2 aliphatic rings. The Morgan fingerprint density at radius 3 is 2.48 bits per heavy atom. The summed E-state index contributed by atoms with van der Waals surface area (Å²) in [7, 11) is 0. The molecule has 2 unspecified atom stereocenters. The molecule has 0 aromatic heterocycles. The van der Waals surface area contributed by atoms with Gasteiger partial charge in [-0.25, -0.2) is 4.79 Å². The Morgan fingerprint density at radius 2 is 1.86 bits per heavy atom. The fourth-order valence-corrected chi connectivity index (χ4v) is 3.14. The molecule has 2 saturated heterocycles. The Morgan fingerprint density at radius 1 is 1.14 bits per heavy atom. The first kappa shape index (κ1) is 14.4. The maximum atomic E-state index is 10.9. The van der Waals surface area contributed by atoms with Crippen LogP contribution in [-0.2, 0) is 9.53 Å². The highest BCUT2D eigenvalue weighted by molar-refractivity contribution is 5.72. The summed E-state index contributed by atoms with van der Waals surface area (Å²) in [5.41, 5.74) is 1.28. The van der Waals surface area contributed by atoms with Crippen molar-refractivity contribution in [3.63, 3.8) is 0 Å². The number of anilines is 1. The van der Waals surface area contributed by atoms with Crippen LogP contribution >= 0.6 is 0 Å². The molecule has 0 spiro atoms. The van der Waals surface area contributed by atoms with E-state index in [1.54, 1.807) is 0 Å². The van der Waals surface area contributed by atoms with Crippen LogP contribution in [0.25, 0.3) is 0 Å². The predicted molar refractivity (Wildman–Crippen MR) is 80.6 cm³/mol. The second-order valence-corrected chi connectivity index (χ2v) is 5.79. The number of carboxylic acid groups (broad SMARTS) is 1. The van der Waals surface area contributed by atoms with Crippen LogP contribution in [0.1, 0.15) is 12.8 Å². The van der Waals surface area contributed by atoms with E-state index in [0.717, 1.165) is 39.1 Å². The molecule has 0 radical (unpaired) electrons. The highest BCUT2D eigenvalue weighted by Gasteiger charge is 2.32. The summed E-state index contributed by atoms with van der Waals surface area (Å²) in [6.45, 7) is 4.89. The minimum atomic E-state index is -0.827. The van der Waals surface area contributed by atoms with Gasteiger partial charge in [0.1, 0.15) is 0 Å². The van der Waals surface area contributed by atoms with Crippen LogP contribution in [0.4, 0.5) is 5.69 Å². The van der Waals surface area contributed by atoms with Gasteiger partial charge in [0.2, 0.25) is 0 Å². The summed E-state index contributed by atoms with van der Waals surface area (Å²) < 4.78 is 5.58. The van der Waals surface area contributed by atoms with E-state index in [9.17, 15) is 4.79 Å². The van der Waals surface area contributed by atoms with E-state index in [1.807, 2.05) is 6.07 Å². The molecule has 5 nitrogen and oxygen atoms in total. The van der Waals surface area contributed by atoms with Crippen molar-refractivity contribution < 1.29 is 14.6 Å². The highest BCUT2D eigenvalue weighted by Crippen LogP contribution is 2.22. The fraction of sp³-hybridized carbons (Fsp3) is 0.562. The molecule has 0 amide bonds. The lowest BCUT2D eigenvalue weighted by Gasteiger charge is -2.37. The number of nitrogens with zero attached hydrogens (tertiary/aromatic N) is 2. The van der Waals surface area contributed by atoms with E-state index in [-0.39, 0.29) is 6.10 Å². The second-order valence-electron chi connectivity index (χ2n) is 5.79. The minimum absolute atomic E-state index is 0.0781. The van der Waals surface area contributed by atoms with E-state index in [2.05, 4.69) is 34.1 Å². The third-order valence-corrected chi connectivity index (χ3v) is 4.34. The number of ether oxygens (including phenoxy) is 1. The number of hydrogen-bond donors (Lipinski definition) is 1. The molecule has 0 saturated carbocycles. The number of carbonyl (C=O) groups is 1. The minimum Gasteiger partial charge on any atom is -0.479 e. The van der Waals surface area contributed by atoms with Crippen LogP contribution in [0.15, 0.2) is 30.3 Å². The zero-order valence-corrected chi connectivity index (χ0v) is 12.1. The highest BCUT2D eigenvalue weighted by atomic mass is 16.5. The average molecular weight is 290 g/mol. The van der Waals surface area contributed by atoms with Gasteiger partial charge in [-0.2, -0.15) is 0 Å². The van der Waals surface area contributed by atoms with E-state index < -0.39 is 12.1 Å². The summed E-state index contributed by atoms with van der Waals surface area (Å²) >= 11 is 0. The zero-order chi connectivity index (χ0) is 14.7. The van der Waals surface area contributed by atoms with Crippen LogP contribution in [-0.4, -0.2) is 60.9 Å². The maximum Gasteiger partial charge on any atom is 0.332 e. The smallest absolute Gasteiger partial charge is 0.332 e. The zero-order valence-electron chi connectivity index (χ0n) is 12.1. The van der Waals surface area contributed by atoms with Crippen LogP contribution in [0.2, 0.25) is 0 Å². The normalized spacial score (nSPS) is 27.0. The average Bonchev–Trinajstić information content (AvgIpc) is 2.98. The summed E-state index contributed by atoms with van der Waals surface area (Å²) in [4.78, 5) is 15.7. The Hall–Kier alpha value is -1.59. The lowest BCUT2D eigenvalue weighted by Crippen LogP contribution is -2.48. The van der Waals surface area contributed by atoms with Gasteiger partial charge >= 0.3 is 5.97 Å². The Kier molecular flexibility index (Phi) is 4.41. The second kappa shape index (κ2) is 6.45. The van der Waals surface area contributed by atoms with Gasteiger partial charge in [0.05, 0.1) is 6.10 Å². The van der Waals surface area contributed by atoms with Crippen molar-refractivity contribution >= 4 is 11.7 Å². The number of hydrogen-bond acceptors (Lipinski definition) is 4. The van der Waals surface area contributed by atoms with Crippen molar-refractivity contribution in [1.29, 1.82) is 0 Å². The summed E-state index contributed by atoms with van der Waals surface area (Å²) in [5, 5.41) is 8.95. The molecule has 3 rings (SSSR count). The molecule has 1 N–H and O–H groups in total. The molecule has 2 fully saturated rings. The summed E-state index contributed by atoms with van der Waals surface area (Å²) in [6, 6.07) is 10.5. The van der Waals surface area contributed by atoms with Crippen molar-refractivity contribution in [2.75, 3.05) is 37.6 Å². The maximum absolute atomic E-state index is 10.9. The topological polar surface area (TPSA) is 53.0 Å². The quantitative estimate of drug-likeness (QED) is 0.909. The Balaban J connectivity index is 1.45. The number of benzene rings is 1. The predicted octanol–water partition coefficient (Wildman–Crippen LogP) is 1.44. The van der Waals surface area contributed by atoms with Gasteiger partial charge in [0, 0.05) is 38.4 Å². The van der Waals surface area contributed by atoms with Crippen molar-refractivity contribution in [2.45, 2.75) is 25.0 Å². The monoisotopic (exact) mass is 290 g/mol. The number of aliphatic carboxylic acids is 1. The van der Waals surface area contributed by atoms with Crippen molar-refractivity contribution in [2.24, 2.45) is 0 Å². The Bertz CT molecular complexity index is 472. The third-order valence-electron chi connectivity index (χ3n) is 4.34. The molecule has 0 aliphatic carbocycles. The van der Waals surface area contributed by atoms with Gasteiger partial charge in [0.15, 0.2) is 6.10 Å². The Labute approximate surface area is 125 Å². The first-order valence-electron chi connectivity index (χ1n) is 7.63. The summed E-state index contributed by atoms with van der Waals surface area (Å²) in [6.07, 6.45) is 0.981. The first-order valence-corrected chi connectivity index (χ1v) is 7.63. The molecule has 1 aromatic rings.